The van der Waals surface area contributed by atoms with Gasteiger partial charge in [0.2, 0.25) is 0 Å². The molecule has 0 aliphatic heterocycles. The maximum absolute atomic E-state index is 13.1. The number of alkyl halides is 1. The zero-order chi connectivity index (χ0) is 12.3. The van der Waals surface area contributed by atoms with E-state index in [4.69, 9.17) is 11.6 Å². The van der Waals surface area contributed by atoms with Crippen LogP contribution in [0, 0.1) is 12.7 Å². The molecule has 0 N–H and O–H groups in total. The Hall–Kier alpha value is -1.34. The van der Waals surface area contributed by atoms with Gasteiger partial charge < -0.3 is 0 Å². The van der Waals surface area contributed by atoms with Gasteiger partial charge in [-0.25, -0.2) is 4.39 Å². The second-order valence-corrected chi connectivity index (χ2v) is 4.68. The summed E-state index contributed by atoms with van der Waals surface area (Å²) in [7, 11) is 0. The summed E-state index contributed by atoms with van der Waals surface area (Å²) in [6.45, 7) is 2.06. The van der Waals surface area contributed by atoms with Gasteiger partial charge in [-0.05, 0) is 42.2 Å². The van der Waals surface area contributed by atoms with Crippen molar-refractivity contribution >= 4 is 11.6 Å². The third-order valence-electron chi connectivity index (χ3n) is 2.87. The molecule has 2 heteroatoms. The molecule has 2 aromatic carbocycles. The van der Waals surface area contributed by atoms with Crippen molar-refractivity contribution in [1.29, 1.82) is 0 Å². The van der Waals surface area contributed by atoms with E-state index in [1.54, 1.807) is 6.07 Å². The smallest absolute Gasteiger partial charge is 0.123 e. The van der Waals surface area contributed by atoms with Crippen molar-refractivity contribution in [3.05, 3.63) is 71.0 Å². The van der Waals surface area contributed by atoms with E-state index in [2.05, 4.69) is 19.1 Å². The Morgan fingerprint density at radius 1 is 1.12 bits per heavy atom. The molecule has 2 rings (SSSR count). The van der Waals surface area contributed by atoms with Crippen LogP contribution in [0.3, 0.4) is 0 Å². The predicted octanol–water partition coefficient (Wildman–Crippen LogP) is 4.66. The van der Waals surface area contributed by atoms with E-state index >= 15 is 0 Å². The third kappa shape index (κ3) is 3.07. The van der Waals surface area contributed by atoms with Gasteiger partial charge in [-0.2, -0.15) is 0 Å². The summed E-state index contributed by atoms with van der Waals surface area (Å²) in [5, 5.41) is -0.188. The standard InChI is InChI=1S/C15H14ClF/c1-11-5-2-3-6-12(11)10-15(16)13-7-4-8-14(17)9-13/h2-9,15H,10H2,1H3. The predicted molar refractivity (Wildman–Crippen MR) is 69.9 cm³/mol. The maximum atomic E-state index is 13.1. The lowest BCUT2D eigenvalue weighted by Gasteiger charge is -2.12. The molecule has 0 spiro atoms. The molecule has 0 heterocycles. The van der Waals surface area contributed by atoms with Crippen molar-refractivity contribution in [2.75, 3.05) is 0 Å². The van der Waals surface area contributed by atoms with Crippen LogP contribution in [0.15, 0.2) is 48.5 Å². The highest BCUT2D eigenvalue weighted by molar-refractivity contribution is 6.20. The second kappa shape index (κ2) is 5.33. The first-order valence-corrected chi connectivity index (χ1v) is 6.04. The number of benzene rings is 2. The van der Waals surface area contributed by atoms with Crippen LogP contribution >= 0.6 is 11.6 Å². The second-order valence-electron chi connectivity index (χ2n) is 4.15. The molecule has 0 amide bonds. The Labute approximate surface area is 106 Å². The summed E-state index contributed by atoms with van der Waals surface area (Å²) in [6, 6.07) is 14.6. The van der Waals surface area contributed by atoms with E-state index < -0.39 is 0 Å². The molecule has 0 aliphatic rings. The number of hydrogen-bond donors (Lipinski definition) is 0. The molecule has 0 bridgehead atoms. The van der Waals surface area contributed by atoms with Gasteiger partial charge in [-0.1, -0.05) is 36.4 Å². The van der Waals surface area contributed by atoms with Crippen LogP contribution in [0.4, 0.5) is 4.39 Å². The molecule has 88 valence electrons. The Morgan fingerprint density at radius 3 is 2.59 bits per heavy atom. The topological polar surface area (TPSA) is 0 Å². The monoisotopic (exact) mass is 248 g/mol. The van der Waals surface area contributed by atoms with Gasteiger partial charge in [0.05, 0.1) is 5.38 Å². The number of halogens is 2. The fourth-order valence-corrected chi connectivity index (χ4v) is 2.15. The summed E-state index contributed by atoms with van der Waals surface area (Å²) < 4.78 is 13.1. The maximum Gasteiger partial charge on any atom is 0.123 e. The summed E-state index contributed by atoms with van der Waals surface area (Å²) in [6.07, 6.45) is 0.720. The Kier molecular flexibility index (Phi) is 3.80. The summed E-state index contributed by atoms with van der Waals surface area (Å²) in [5.41, 5.74) is 3.25. The van der Waals surface area contributed by atoms with Crippen molar-refractivity contribution < 1.29 is 4.39 Å². The minimum atomic E-state index is -0.238. The highest BCUT2D eigenvalue weighted by atomic mass is 35.5. The van der Waals surface area contributed by atoms with E-state index in [1.807, 2.05) is 18.2 Å². The number of rotatable bonds is 3. The van der Waals surface area contributed by atoms with Gasteiger partial charge >= 0.3 is 0 Å². The molecule has 1 atom stereocenters. The molecule has 0 saturated carbocycles. The molecule has 0 aliphatic carbocycles. The molecule has 17 heavy (non-hydrogen) atoms. The van der Waals surface area contributed by atoms with Gasteiger partial charge in [0.1, 0.15) is 5.82 Å². The van der Waals surface area contributed by atoms with Gasteiger partial charge in [-0.15, -0.1) is 11.6 Å². The minimum absolute atomic E-state index is 0.188. The zero-order valence-corrected chi connectivity index (χ0v) is 10.4. The third-order valence-corrected chi connectivity index (χ3v) is 3.28. The highest BCUT2D eigenvalue weighted by Crippen LogP contribution is 2.26. The summed E-state index contributed by atoms with van der Waals surface area (Å²) in [4.78, 5) is 0. The van der Waals surface area contributed by atoms with Crippen molar-refractivity contribution in [3.8, 4) is 0 Å². The van der Waals surface area contributed by atoms with Crippen molar-refractivity contribution in [2.45, 2.75) is 18.7 Å². The highest BCUT2D eigenvalue weighted by Gasteiger charge is 2.10. The lowest BCUT2D eigenvalue weighted by atomic mass is 10.0. The molecular weight excluding hydrogens is 235 g/mol. The van der Waals surface area contributed by atoms with Gasteiger partial charge in [-0.3, -0.25) is 0 Å². The molecular formula is C15H14ClF. The molecule has 0 aromatic heterocycles. The van der Waals surface area contributed by atoms with E-state index in [1.165, 1.54) is 23.3 Å². The fourth-order valence-electron chi connectivity index (χ4n) is 1.85. The number of hydrogen-bond acceptors (Lipinski definition) is 0. The summed E-state index contributed by atoms with van der Waals surface area (Å²) in [5.74, 6) is -0.238. The SMILES string of the molecule is Cc1ccccc1CC(Cl)c1cccc(F)c1. The van der Waals surface area contributed by atoms with E-state index in [0.717, 1.165) is 12.0 Å². The van der Waals surface area contributed by atoms with E-state index in [9.17, 15) is 4.39 Å². The molecule has 0 radical (unpaired) electrons. The summed E-state index contributed by atoms with van der Waals surface area (Å²) >= 11 is 6.32. The first kappa shape index (κ1) is 12.1. The molecule has 2 aromatic rings. The van der Waals surface area contributed by atoms with Crippen LogP contribution in [0.5, 0.6) is 0 Å². The Balaban J connectivity index is 2.17. The van der Waals surface area contributed by atoms with Crippen molar-refractivity contribution in [2.24, 2.45) is 0 Å². The normalized spacial score (nSPS) is 12.4. The van der Waals surface area contributed by atoms with Crippen LogP contribution in [0.25, 0.3) is 0 Å². The van der Waals surface area contributed by atoms with Crippen LogP contribution in [-0.4, -0.2) is 0 Å². The van der Waals surface area contributed by atoms with Crippen molar-refractivity contribution in [1.82, 2.24) is 0 Å². The fraction of sp³-hybridized carbons (Fsp3) is 0.200. The first-order chi connectivity index (χ1) is 8.16. The minimum Gasteiger partial charge on any atom is -0.207 e. The van der Waals surface area contributed by atoms with Crippen LogP contribution in [0.2, 0.25) is 0 Å². The quantitative estimate of drug-likeness (QED) is 0.694. The largest absolute Gasteiger partial charge is 0.207 e. The van der Waals surface area contributed by atoms with Crippen LogP contribution in [-0.2, 0) is 6.42 Å². The number of aryl methyl sites for hydroxylation is 1. The Morgan fingerprint density at radius 2 is 1.88 bits per heavy atom. The van der Waals surface area contributed by atoms with Crippen LogP contribution < -0.4 is 0 Å². The molecule has 1 unspecified atom stereocenters. The Bertz CT molecular complexity index is 508. The first-order valence-electron chi connectivity index (χ1n) is 5.61. The van der Waals surface area contributed by atoms with Crippen molar-refractivity contribution in [3.63, 3.8) is 0 Å². The van der Waals surface area contributed by atoms with E-state index in [-0.39, 0.29) is 11.2 Å². The lowest BCUT2D eigenvalue weighted by molar-refractivity contribution is 0.624. The van der Waals surface area contributed by atoms with E-state index in [0.29, 0.717) is 0 Å². The van der Waals surface area contributed by atoms with Gasteiger partial charge in [0, 0.05) is 0 Å². The zero-order valence-electron chi connectivity index (χ0n) is 9.66. The van der Waals surface area contributed by atoms with Gasteiger partial charge in [0.15, 0.2) is 0 Å². The lowest BCUT2D eigenvalue weighted by Crippen LogP contribution is -1.98. The molecule has 0 fully saturated rings. The average molecular weight is 249 g/mol. The average Bonchev–Trinajstić information content (AvgIpc) is 2.32. The van der Waals surface area contributed by atoms with Gasteiger partial charge in [0.25, 0.3) is 0 Å². The van der Waals surface area contributed by atoms with Crippen LogP contribution in [0.1, 0.15) is 22.1 Å². The molecule has 0 saturated heterocycles. The molecule has 0 nitrogen and oxygen atoms in total.